The lowest BCUT2D eigenvalue weighted by Crippen LogP contribution is -2.35. The number of ether oxygens (including phenoxy) is 1. The molecule has 0 radical (unpaired) electrons. The van der Waals surface area contributed by atoms with Gasteiger partial charge in [-0.25, -0.2) is 14.5 Å². The van der Waals surface area contributed by atoms with Crippen molar-refractivity contribution >= 4 is 5.97 Å². The highest BCUT2D eigenvalue weighted by atomic mass is 19.3. The molecule has 0 spiro atoms. The average Bonchev–Trinajstić information content (AvgIpc) is 2.56. The lowest BCUT2D eigenvalue weighted by atomic mass is 10.3. The van der Waals surface area contributed by atoms with Gasteiger partial charge in [0.25, 0.3) is 0 Å². The Morgan fingerprint density at radius 2 is 2.36 bits per heavy atom. The summed E-state index contributed by atoms with van der Waals surface area (Å²) in [7, 11) is 0. The van der Waals surface area contributed by atoms with Crippen molar-refractivity contribution in [3.63, 3.8) is 0 Å². The van der Waals surface area contributed by atoms with Crippen LogP contribution in [-0.2, 0) is 16.1 Å². The maximum atomic E-state index is 13.0. The minimum absolute atomic E-state index is 0.0776. The van der Waals surface area contributed by atoms with E-state index >= 15 is 0 Å². The highest BCUT2D eigenvalue weighted by Crippen LogP contribution is 2.17. The Bertz CT molecular complexity index is 300. The molecule has 78 valence electrons. The van der Waals surface area contributed by atoms with E-state index in [0.29, 0.717) is 0 Å². The Kier molecular flexibility index (Phi) is 3.10. The number of hydrogen-bond acceptors (Lipinski definition) is 4. The third kappa shape index (κ3) is 2.48. The molecule has 1 aromatic heterocycles. The van der Waals surface area contributed by atoms with Crippen LogP contribution in [-0.4, -0.2) is 33.3 Å². The molecule has 14 heavy (non-hydrogen) atoms. The first kappa shape index (κ1) is 10.6. The van der Waals surface area contributed by atoms with Gasteiger partial charge in [-0.05, 0) is 6.92 Å². The largest absolute Gasteiger partial charge is 0.462 e. The van der Waals surface area contributed by atoms with Gasteiger partial charge in [-0.2, -0.15) is 13.9 Å². The molecule has 0 fully saturated rings. The molecule has 0 N–H and O–H groups in total. The molecular formula is C7H9F2N3O2. The van der Waals surface area contributed by atoms with Crippen molar-refractivity contribution in [2.45, 2.75) is 19.4 Å². The zero-order chi connectivity index (χ0) is 10.6. The van der Waals surface area contributed by atoms with Crippen molar-refractivity contribution in [3.8, 4) is 0 Å². The van der Waals surface area contributed by atoms with Crippen LogP contribution in [0.5, 0.6) is 0 Å². The van der Waals surface area contributed by atoms with Gasteiger partial charge >= 0.3 is 11.9 Å². The number of aromatic nitrogens is 3. The summed E-state index contributed by atoms with van der Waals surface area (Å²) in [5.41, 5.74) is 0. The molecule has 0 bridgehead atoms. The molecule has 0 saturated heterocycles. The number of alkyl halides is 2. The number of esters is 1. The van der Waals surface area contributed by atoms with Crippen molar-refractivity contribution < 1.29 is 18.3 Å². The number of carbonyl (C=O) groups excluding carboxylic acids is 1. The lowest BCUT2D eigenvalue weighted by molar-refractivity contribution is -0.173. The van der Waals surface area contributed by atoms with Gasteiger partial charge in [0.2, 0.25) is 0 Å². The normalized spacial score (nSPS) is 11.4. The molecule has 0 atom stereocenters. The molecule has 5 nitrogen and oxygen atoms in total. The summed E-state index contributed by atoms with van der Waals surface area (Å²) in [6, 6.07) is 0. The molecule has 1 rings (SSSR count). The predicted molar refractivity (Wildman–Crippen MR) is 41.6 cm³/mol. The molecule has 0 aliphatic rings. The van der Waals surface area contributed by atoms with Gasteiger partial charge in [0, 0.05) is 0 Å². The van der Waals surface area contributed by atoms with E-state index in [0.717, 1.165) is 17.3 Å². The molecule has 1 aromatic rings. The van der Waals surface area contributed by atoms with Crippen molar-refractivity contribution in [2.75, 3.05) is 6.61 Å². The standard InChI is InChI=1S/C7H9F2N3O2/c1-2-14-6(13)7(8,9)3-12-5-10-4-11-12/h4-5H,2-3H2,1H3. The number of hydrogen-bond donors (Lipinski definition) is 0. The van der Waals surface area contributed by atoms with Gasteiger partial charge in [-0.1, -0.05) is 0 Å². The van der Waals surface area contributed by atoms with Crippen LogP contribution in [0.1, 0.15) is 6.92 Å². The second kappa shape index (κ2) is 4.12. The van der Waals surface area contributed by atoms with E-state index in [9.17, 15) is 13.6 Å². The third-order valence-electron chi connectivity index (χ3n) is 1.40. The van der Waals surface area contributed by atoms with Crippen LogP contribution < -0.4 is 0 Å². The van der Waals surface area contributed by atoms with Crippen LogP contribution in [0.15, 0.2) is 12.7 Å². The lowest BCUT2D eigenvalue weighted by Gasteiger charge is -2.13. The number of rotatable bonds is 4. The molecule has 0 aromatic carbocycles. The van der Waals surface area contributed by atoms with Crippen LogP contribution in [0.25, 0.3) is 0 Å². The van der Waals surface area contributed by atoms with Gasteiger partial charge in [0.1, 0.15) is 19.2 Å². The number of nitrogens with zero attached hydrogens (tertiary/aromatic N) is 3. The minimum Gasteiger partial charge on any atom is -0.462 e. The highest BCUT2D eigenvalue weighted by Gasteiger charge is 2.41. The van der Waals surface area contributed by atoms with E-state index in [2.05, 4.69) is 14.8 Å². The SMILES string of the molecule is CCOC(=O)C(F)(F)Cn1cncn1. The maximum absolute atomic E-state index is 13.0. The monoisotopic (exact) mass is 205 g/mol. The van der Waals surface area contributed by atoms with E-state index in [-0.39, 0.29) is 6.61 Å². The fourth-order valence-corrected chi connectivity index (χ4v) is 0.819. The van der Waals surface area contributed by atoms with Crippen LogP contribution in [0.4, 0.5) is 8.78 Å². The second-order valence-corrected chi connectivity index (χ2v) is 2.52. The van der Waals surface area contributed by atoms with Gasteiger partial charge in [0.05, 0.1) is 6.61 Å². The van der Waals surface area contributed by atoms with E-state index in [1.54, 1.807) is 0 Å². The minimum atomic E-state index is -3.57. The third-order valence-corrected chi connectivity index (χ3v) is 1.40. The summed E-state index contributed by atoms with van der Waals surface area (Å²) >= 11 is 0. The predicted octanol–water partition coefficient (Wildman–Crippen LogP) is 0.476. The van der Waals surface area contributed by atoms with Crippen LogP contribution in [0.2, 0.25) is 0 Å². The van der Waals surface area contributed by atoms with Gasteiger partial charge in [-0.3, -0.25) is 0 Å². The second-order valence-electron chi connectivity index (χ2n) is 2.52. The van der Waals surface area contributed by atoms with Gasteiger partial charge < -0.3 is 4.74 Å². The Balaban J connectivity index is 2.61. The summed E-state index contributed by atoms with van der Waals surface area (Å²) in [6.07, 6.45) is 2.22. The summed E-state index contributed by atoms with van der Waals surface area (Å²) in [5.74, 6) is -5.11. The highest BCUT2D eigenvalue weighted by molar-refractivity contribution is 5.77. The zero-order valence-corrected chi connectivity index (χ0v) is 7.48. The first-order chi connectivity index (χ1) is 6.56. The molecular weight excluding hydrogens is 196 g/mol. The van der Waals surface area contributed by atoms with E-state index in [1.807, 2.05) is 0 Å². The topological polar surface area (TPSA) is 57.0 Å². The summed E-state index contributed by atoms with van der Waals surface area (Å²) in [6.45, 7) is 0.529. The molecule has 0 unspecified atom stereocenters. The van der Waals surface area contributed by atoms with E-state index < -0.39 is 18.4 Å². The molecule has 7 heteroatoms. The Morgan fingerprint density at radius 3 is 2.86 bits per heavy atom. The number of carbonyl (C=O) groups is 1. The molecule has 0 aliphatic heterocycles. The first-order valence-corrected chi connectivity index (χ1v) is 3.93. The quantitative estimate of drug-likeness (QED) is 0.671. The van der Waals surface area contributed by atoms with Crippen LogP contribution in [0, 0.1) is 0 Å². The van der Waals surface area contributed by atoms with Crippen molar-refractivity contribution in [1.82, 2.24) is 14.8 Å². The molecule has 0 amide bonds. The fourth-order valence-electron chi connectivity index (χ4n) is 0.819. The van der Waals surface area contributed by atoms with Crippen molar-refractivity contribution in [2.24, 2.45) is 0 Å². The molecule has 0 saturated carbocycles. The Hall–Kier alpha value is -1.53. The fraction of sp³-hybridized carbons (Fsp3) is 0.571. The summed E-state index contributed by atoms with van der Waals surface area (Å²) in [5, 5.41) is 3.46. The van der Waals surface area contributed by atoms with Gasteiger partial charge in [-0.15, -0.1) is 0 Å². The summed E-state index contributed by atoms with van der Waals surface area (Å²) < 4.78 is 31.1. The van der Waals surface area contributed by atoms with Crippen LogP contribution >= 0.6 is 0 Å². The van der Waals surface area contributed by atoms with Crippen LogP contribution in [0.3, 0.4) is 0 Å². The first-order valence-electron chi connectivity index (χ1n) is 3.93. The van der Waals surface area contributed by atoms with E-state index in [1.165, 1.54) is 6.92 Å². The Labute approximate surface area is 78.7 Å². The van der Waals surface area contributed by atoms with Crippen molar-refractivity contribution in [1.29, 1.82) is 0 Å². The number of halogens is 2. The van der Waals surface area contributed by atoms with Gasteiger partial charge in [0.15, 0.2) is 0 Å². The smallest absolute Gasteiger partial charge is 0.379 e. The maximum Gasteiger partial charge on any atom is 0.379 e. The molecule has 1 heterocycles. The molecule has 0 aliphatic carbocycles. The summed E-state index contributed by atoms with van der Waals surface area (Å²) in [4.78, 5) is 14.2. The van der Waals surface area contributed by atoms with Crippen molar-refractivity contribution in [3.05, 3.63) is 12.7 Å². The van der Waals surface area contributed by atoms with E-state index in [4.69, 9.17) is 0 Å². The average molecular weight is 205 g/mol. The Morgan fingerprint density at radius 1 is 1.64 bits per heavy atom. The zero-order valence-electron chi connectivity index (χ0n) is 7.48.